The molecule has 4 heterocycles. The Hall–Kier alpha value is -6.03. The summed E-state index contributed by atoms with van der Waals surface area (Å²) in [5, 5.41) is 138. The number of aliphatic hydroxyl groups excluding tert-OH is 12. The molecule has 0 spiro atoms. The third kappa shape index (κ3) is 41.4. The van der Waals surface area contributed by atoms with Crippen molar-refractivity contribution in [1.82, 2.24) is 47.0 Å². The highest BCUT2D eigenvalue weighted by atomic mass is 16.7. The van der Waals surface area contributed by atoms with Crippen molar-refractivity contribution in [3.63, 3.8) is 0 Å². The Kier molecular flexibility index (Phi) is 52.2. The van der Waals surface area contributed by atoms with E-state index < -0.39 is 159 Å². The maximum absolute atomic E-state index is 12.9. The van der Waals surface area contributed by atoms with Gasteiger partial charge in [0.1, 0.15) is 108 Å². The Balaban J connectivity index is 0.000000721. The van der Waals surface area contributed by atoms with E-state index >= 15 is 0 Å². The number of Topliss-reactive ketones (excluding diaryl/α,β-unsaturated/α-hetero) is 4. The number of unbranched alkanes of at least 4 members (excludes halogenated alkanes) is 5. The summed E-state index contributed by atoms with van der Waals surface area (Å²) in [7, 11) is 1.75. The van der Waals surface area contributed by atoms with Gasteiger partial charge < -0.3 is 154 Å². The molecule has 4 aliphatic heterocycles. The van der Waals surface area contributed by atoms with Crippen LogP contribution in [0.25, 0.3) is 0 Å². The second-order valence-corrected chi connectivity index (χ2v) is 28.4. The minimum absolute atomic E-state index is 0.00237. The number of likely N-dealkylation sites (N-methyl/N-ethyl adjacent to an activating group) is 2. The third-order valence-electron chi connectivity index (χ3n) is 18.2. The van der Waals surface area contributed by atoms with E-state index in [1.807, 2.05) is 0 Å². The van der Waals surface area contributed by atoms with Gasteiger partial charge in [-0.1, -0.05) is 19.3 Å². The van der Waals surface area contributed by atoms with Gasteiger partial charge in [-0.25, -0.2) is 0 Å². The molecule has 0 aliphatic carbocycles. The van der Waals surface area contributed by atoms with Crippen molar-refractivity contribution < 1.29 is 152 Å². The molecule has 4 saturated heterocycles. The van der Waals surface area contributed by atoms with Gasteiger partial charge in [0.25, 0.3) is 0 Å². The van der Waals surface area contributed by atoms with Crippen molar-refractivity contribution in [3.8, 4) is 0 Å². The molecule has 0 aromatic heterocycles. The lowest BCUT2D eigenvalue weighted by molar-refractivity contribution is -0.293. The van der Waals surface area contributed by atoms with Gasteiger partial charge in [0.15, 0.2) is 25.2 Å². The molecule has 22 atom stereocenters. The van der Waals surface area contributed by atoms with Crippen LogP contribution in [0.5, 0.6) is 0 Å². The van der Waals surface area contributed by atoms with E-state index in [0.29, 0.717) is 58.0 Å². The molecule has 0 radical (unpaired) electrons. The van der Waals surface area contributed by atoms with Crippen molar-refractivity contribution in [1.29, 1.82) is 0 Å². The Labute approximate surface area is 663 Å². The largest absolute Gasteiger partial charge is 0.388 e. The van der Waals surface area contributed by atoms with Crippen LogP contribution >= 0.6 is 0 Å². The summed E-state index contributed by atoms with van der Waals surface area (Å²) < 4.78 is 43.3. The van der Waals surface area contributed by atoms with E-state index in [0.717, 1.165) is 0 Å². The number of aliphatic hydroxyl groups is 12. The van der Waals surface area contributed by atoms with Gasteiger partial charge in [-0.15, -0.1) is 0 Å². The number of hydrogen-bond donors (Lipinski definition) is 22. The number of primary amides is 1. The SMILES string of the molecule is CCNC(=O)[C@@H](N)CNC(=O)CCCCCNC(=O)CN(CC(=O)NCCO[C@@H]1O[C@@H](C)[C@@H](O)[C@@H](O)[C@@H]1O)CC(=O)NCCO[C@@H]1O[C@@H](C)[C@@H](O)[C@@H](O)[C@@H]1O.CNCC(C)=O.C[C@@H]1O[C@@H](OCCCC(=O)CN(CC(=O)CCCCCCC(=O)NC[C@H](N)C(N)=O)CC(=O)CCCO[C@@H]2O[C@@H](C)[C@@H](O)[C@@H](O)[C@@H]2O)[C@@H](O)[C@H](O)[C@@H]1O. The standard InChI is InChI=1S/C34H60N4O15.C33H61N7O15.C4H9NO/c1-19-26(43)28(45)30(47)33(52-19)50-13-7-10-22(40)17-38(16-21(39)9-5-3-4-6-12-25(42)37-15-24(35)32(36)49)18-23(41)11-8-14-51-34-31(48)29(46)27(44)20(2)53-34;1-4-35-31(51)20(34)14-39-21(41)8-6-5-7-9-36-22(42)15-40(16-23(43)37-10-12-52-32-29(49)27(47)25(45)18(2)54-32)17-24(44)38-11-13-53-33-30(50)28(48)26(46)19(3)55-33;1-4(6)3-5-2/h19-20,24,26-31,33-34,43-48H,3-18,35H2,1-2H3,(H2,36,49)(H,37,42);18-20,25-30,32-33,45-50H,4-17,34H2,1-3H3,(H,35,51)(H,36,42)(H,37,43)(H,38,44)(H,39,41);5H,3H2,1-2H3/t19-,20-,24-,26+,27+,28+,29+,30-,31-,33+,34+;18-,19-,20-,25+,26+,27+,28+,29-,30-,32+,33+;/m00./s1. The maximum Gasteiger partial charge on any atom is 0.238 e. The summed E-state index contributed by atoms with van der Waals surface area (Å²) in [5.74, 6) is -3.71. The number of nitrogens with zero attached hydrogens (tertiary/aromatic N) is 2. The number of amides is 7. The van der Waals surface area contributed by atoms with Gasteiger partial charge in [-0.05, 0) is 87.1 Å². The molecule has 0 aromatic rings. The molecular weight excluding hydrogens is 1520 g/mol. The molecule has 660 valence electrons. The average Bonchev–Trinajstić information content (AvgIpc) is 0.843. The van der Waals surface area contributed by atoms with Crippen molar-refractivity contribution >= 4 is 64.5 Å². The number of nitrogens with one attached hydrogen (secondary N) is 7. The molecule has 25 N–H and O–H groups in total. The first-order chi connectivity index (χ1) is 53.8. The highest BCUT2D eigenvalue weighted by molar-refractivity contribution is 5.87. The first-order valence-electron chi connectivity index (χ1n) is 38.6. The quantitative estimate of drug-likeness (QED) is 0.0252. The van der Waals surface area contributed by atoms with Crippen molar-refractivity contribution in [2.24, 2.45) is 17.2 Å². The monoisotopic (exact) mass is 1650 g/mol. The van der Waals surface area contributed by atoms with Crippen LogP contribution in [0.3, 0.4) is 0 Å². The van der Waals surface area contributed by atoms with Crippen molar-refractivity contribution in [2.75, 3.05) is 119 Å². The average molecular weight is 1650 g/mol. The Morgan fingerprint density at radius 1 is 0.368 bits per heavy atom. The summed E-state index contributed by atoms with van der Waals surface area (Å²) in [6, 6.07) is -1.81. The zero-order valence-electron chi connectivity index (χ0n) is 66.4. The number of ketones is 4. The Bertz CT molecular complexity index is 2760. The van der Waals surface area contributed by atoms with Crippen LogP contribution in [0.4, 0.5) is 0 Å². The number of carbonyl (C=O) groups is 11. The summed E-state index contributed by atoms with van der Waals surface area (Å²) >= 11 is 0. The van der Waals surface area contributed by atoms with Gasteiger partial charge in [0.2, 0.25) is 41.4 Å². The third-order valence-corrected chi connectivity index (χ3v) is 18.2. The zero-order valence-corrected chi connectivity index (χ0v) is 66.4. The predicted octanol–water partition coefficient (Wildman–Crippen LogP) is -10.2. The van der Waals surface area contributed by atoms with Crippen LogP contribution in [0.15, 0.2) is 0 Å². The van der Waals surface area contributed by atoms with Gasteiger partial charge in [-0.3, -0.25) is 62.5 Å². The highest BCUT2D eigenvalue weighted by Gasteiger charge is 2.46. The van der Waals surface area contributed by atoms with Crippen LogP contribution in [0.1, 0.15) is 131 Å². The molecular formula is C71H130N12O31. The van der Waals surface area contributed by atoms with Gasteiger partial charge >= 0.3 is 0 Å². The molecule has 7 amide bonds. The summed E-state index contributed by atoms with van der Waals surface area (Å²) in [6.07, 6.45) is -19.8. The molecule has 43 heteroatoms. The molecule has 4 rings (SSSR count). The number of rotatable bonds is 52. The van der Waals surface area contributed by atoms with Crippen LogP contribution in [-0.2, 0) is 90.6 Å². The fourth-order valence-corrected chi connectivity index (χ4v) is 11.5. The van der Waals surface area contributed by atoms with Crippen LogP contribution < -0.4 is 54.4 Å². The lowest BCUT2D eigenvalue weighted by Gasteiger charge is -2.38. The number of ether oxygens (including phenoxy) is 8. The van der Waals surface area contributed by atoms with Crippen molar-refractivity contribution in [2.45, 2.75) is 266 Å². The second-order valence-electron chi connectivity index (χ2n) is 28.4. The summed E-state index contributed by atoms with van der Waals surface area (Å²) in [4.78, 5) is 136. The fraction of sp³-hybridized carbons (Fsp3) is 0.845. The van der Waals surface area contributed by atoms with Crippen LogP contribution in [-0.4, -0.2) is 389 Å². The molecule has 0 aromatic carbocycles. The zero-order chi connectivity index (χ0) is 85.7. The number of nitrogens with two attached hydrogens (primary N) is 3. The topological polar surface area (TPSA) is 673 Å². The Morgan fingerprint density at radius 3 is 1.00 bits per heavy atom. The molecule has 0 unspecified atom stereocenters. The Morgan fingerprint density at radius 2 is 0.675 bits per heavy atom. The van der Waals surface area contributed by atoms with Crippen LogP contribution in [0, 0.1) is 0 Å². The predicted molar refractivity (Wildman–Crippen MR) is 399 cm³/mol. The molecule has 43 nitrogen and oxygen atoms in total. The molecule has 4 fully saturated rings. The second kappa shape index (κ2) is 57.2. The minimum Gasteiger partial charge on any atom is -0.388 e. The first kappa shape index (κ1) is 104. The van der Waals surface area contributed by atoms with E-state index in [2.05, 4.69) is 37.2 Å². The van der Waals surface area contributed by atoms with E-state index in [-0.39, 0.29) is 184 Å². The van der Waals surface area contributed by atoms with Crippen LogP contribution in [0.2, 0.25) is 0 Å². The number of hydrogen-bond acceptors (Lipinski definition) is 36. The van der Waals surface area contributed by atoms with E-state index in [4.69, 9.17) is 55.1 Å². The fourth-order valence-electron chi connectivity index (χ4n) is 11.5. The summed E-state index contributed by atoms with van der Waals surface area (Å²) in [5.41, 5.74) is 16.3. The lowest BCUT2D eigenvalue weighted by Crippen LogP contribution is -2.57. The lowest BCUT2D eigenvalue weighted by atomic mass is 10.00. The van der Waals surface area contributed by atoms with Gasteiger partial charge in [0, 0.05) is 71.4 Å². The van der Waals surface area contributed by atoms with Gasteiger partial charge in [-0.2, -0.15) is 0 Å². The molecule has 0 saturated carbocycles. The minimum atomic E-state index is -1.52. The molecule has 0 bridgehead atoms. The van der Waals surface area contributed by atoms with E-state index in [1.54, 1.807) is 20.9 Å². The number of carbonyl (C=O) groups excluding carboxylic acids is 11. The van der Waals surface area contributed by atoms with Crippen molar-refractivity contribution in [3.05, 3.63) is 0 Å². The molecule has 114 heavy (non-hydrogen) atoms. The first-order valence-corrected chi connectivity index (χ1v) is 38.6. The normalized spacial score (nSPS) is 27.9. The smallest absolute Gasteiger partial charge is 0.238 e. The summed E-state index contributed by atoms with van der Waals surface area (Å²) in [6.45, 7) is 8.52. The van der Waals surface area contributed by atoms with E-state index in [9.17, 15) is 114 Å². The van der Waals surface area contributed by atoms with Gasteiger partial charge in [0.05, 0.1) is 96.7 Å². The molecule has 4 aliphatic rings. The maximum atomic E-state index is 12.9. The highest BCUT2D eigenvalue weighted by Crippen LogP contribution is 2.26. The van der Waals surface area contributed by atoms with E-state index in [1.165, 1.54) is 37.5 Å².